The lowest BCUT2D eigenvalue weighted by molar-refractivity contribution is 0.153. The maximum Gasteiger partial charge on any atom is 0.174 e. The molecule has 0 spiro atoms. The van der Waals surface area contributed by atoms with Crippen LogP contribution in [0.15, 0.2) is 54.6 Å². The Bertz CT molecular complexity index is 686. The lowest BCUT2D eigenvalue weighted by Crippen LogP contribution is -2.50. The largest absolute Gasteiger partial charge is 0.339 e. The number of nitrogens with zero attached hydrogens (tertiary/aromatic N) is 2. The Kier molecular flexibility index (Phi) is 5.48. The normalized spacial score (nSPS) is 18.4. The van der Waals surface area contributed by atoms with Gasteiger partial charge in [-0.3, -0.25) is 0 Å². The zero-order valence-electron chi connectivity index (χ0n) is 14.4. The fourth-order valence-corrected chi connectivity index (χ4v) is 3.52. The van der Waals surface area contributed by atoms with Crippen molar-refractivity contribution in [3.63, 3.8) is 0 Å². The number of hydrogen-bond acceptors (Lipinski definition) is 2. The summed E-state index contributed by atoms with van der Waals surface area (Å²) in [5, 5.41) is 4.25. The lowest BCUT2D eigenvalue weighted by Gasteiger charge is -2.41. The average molecular weight is 340 g/mol. The van der Waals surface area contributed by atoms with Gasteiger partial charge in [0.25, 0.3) is 0 Å². The fourth-order valence-electron chi connectivity index (χ4n) is 3.19. The SMILES string of the molecule is CCc1cccc(NC(=S)N2CCN(C)C[C@H]2c2ccccc2)c1. The van der Waals surface area contributed by atoms with Crippen LogP contribution in [0.25, 0.3) is 0 Å². The van der Waals surface area contributed by atoms with Crippen LogP contribution in [0, 0.1) is 0 Å². The summed E-state index contributed by atoms with van der Waals surface area (Å²) in [6, 6.07) is 19.4. The van der Waals surface area contributed by atoms with E-state index in [0.29, 0.717) is 6.04 Å². The van der Waals surface area contributed by atoms with Crippen molar-refractivity contribution in [2.24, 2.45) is 0 Å². The number of thiocarbonyl (C=S) groups is 1. The van der Waals surface area contributed by atoms with Gasteiger partial charge in [0.2, 0.25) is 0 Å². The van der Waals surface area contributed by atoms with Crippen molar-refractivity contribution in [2.75, 3.05) is 32.0 Å². The predicted molar refractivity (Wildman–Crippen MR) is 105 cm³/mol. The molecule has 2 aromatic rings. The molecule has 0 radical (unpaired) electrons. The number of piperazine rings is 1. The molecule has 0 unspecified atom stereocenters. The standard InChI is InChI=1S/C20H25N3S/c1-3-16-8-7-11-18(14-16)21-20(24)23-13-12-22(2)15-19(23)17-9-5-4-6-10-17/h4-11,14,19H,3,12-13,15H2,1-2H3,(H,21,24)/t19-/m0/s1. The van der Waals surface area contributed by atoms with E-state index in [2.05, 4.69) is 83.7 Å². The van der Waals surface area contributed by atoms with Gasteiger partial charge in [0, 0.05) is 25.3 Å². The number of likely N-dealkylation sites (N-methyl/N-ethyl adjacent to an activating group) is 1. The van der Waals surface area contributed by atoms with E-state index in [1.165, 1.54) is 11.1 Å². The van der Waals surface area contributed by atoms with E-state index in [0.717, 1.165) is 36.9 Å². The van der Waals surface area contributed by atoms with Gasteiger partial charge in [-0.2, -0.15) is 0 Å². The molecule has 1 aliphatic heterocycles. The monoisotopic (exact) mass is 339 g/mol. The first-order valence-electron chi connectivity index (χ1n) is 8.57. The van der Waals surface area contributed by atoms with Crippen LogP contribution in [0.2, 0.25) is 0 Å². The van der Waals surface area contributed by atoms with E-state index in [9.17, 15) is 0 Å². The molecule has 0 aliphatic carbocycles. The summed E-state index contributed by atoms with van der Waals surface area (Å²) in [5.41, 5.74) is 3.71. The molecule has 126 valence electrons. The summed E-state index contributed by atoms with van der Waals surface area (Å²) in [7, 11) is 2.18. The maximum absolute atomic E-state index is 5.75. The molecule has 1 N–H and O–H groups in total. The second kappa shape index (κ2) is 7.77. The van der Waals surface area contributed by atoms with Gasteiger partial charge >= 0.3 is 0 Å². The molecule has 0 aromatic heterocycles. The van der Waals surface area contributed by atoms with Crippen LogP contribution in [0.4, 0.5) is 5.69 Å². The first-order chi connectivity index (χ1) is 11.7. The van der Waals surface area contributed by atoms with E-state index >= 15 is 0 Å². The molecule has 0 saturated carbocycles. The van der Waals surface area contributed by atoms with E-state index < -0.39 is 0 Å². The molecular formula is C20H25N3S. The van der Waals surface area contributed by atoms with E-state index in [1.807, 2.05) is 0 Å². The molecule has 1 saturated heterocycles. The number of nitrogens with one attached hydrogen (secondary N) is 1. The van der Waals surface area contributed by atoms with Crippen LogP contribution in [-0.4, -0.2) is 41.6 Å². The van der Waals surface area contributed by atoms with Gasteiger partial charge in [-0.25, -0.2) is 0 Å². The van der Waals surface area contributed by atoms with Gasteiger partial charge in [-0.05, 0) is 48.9 Å². The fraction of sp³-hybridized carbons (Fsp3) is 0.350. The van der Waals surface area contributed by atoms with E-state index in [4.69, 9.17) is 12.2 Å². The number of aryl methyl sites for hydroxylation is 1. The zero-order valence-corrected chi connectivity index (χ0v) is 15.2. The van der Waals surface area contributed by atoms with Crippen molar-refractivity contribution in [3.8, 4) is 0 Å². The Morgan fingerprint density at radius 2 is 1.92 bits per heavy atom. The van der Waals surface area contributed by atoms with Crippen LogP contribution < -0.4 is 5.32 Å². The molecule has 3 nitrogen and oxygen atoms in total. The van der Waals surface area contributed by atoms with E-state index in [-0.39, 0.29) is 0 Å². The highest BCUT2D eigenvalue weighted by Crippen LogP contribution is 2.26. The van der Waals surface area contributed by atoms with Crippen LogP contribution in [-0.2, 0) is 6.42 Å². The lowest BCUT2D eigenvalue weighted by atomic mass is 10.0. The molecule has 4 heteroatoms. The second-order valence-electron chi connectivity index (χ2n) is 6.37. The van der Waals surface area contributed by atoms with Crippen molar-refractivity contribution < 1.29 is 0 Å². The second-order valence-corrected chi connectivity index (χ2v) is 6.75. The van der Waals surface area contributed by atoms with Gasteiger partial charge in [0.15, 0.2) is 5.11 Å². The molecule has 1 fully saturated rings. The quantitative estimate of drug-likeness (QED) is 0.854. The topological polar surface area (TPSA) is 18.5 Å². The summed E-state index contributed by atoms with van der Waals surface area (Å²) in [5.74, 6) is 0. The first kappa shape index (κ1) is 16.9. The van der Waals surface area contributed by atoms with Crippen molar-refractivity contribution in [3.05, 3.63) is 65.7 Å². The third kappa shape index (κ3) is 3.94. The molecular weight excluding hydrogens is 314 g/mol. The molecule has 2 aromatic carbocycles. The molecule has 24 heavy (non-hydrogen) atoms. The van der Waals surface area contributed by atoms with Gasteiger partial charge in [0.1, 0.15) is 0 Å². The third-order valence-corrected chi connectivity index (χ3v) is 4.95. The minimum atomic E-state index is 0.291. The highest BCUT2D eigenvalue weighted by molar-refractivity contribution is 7.80. The third-order valence-electron chi connectivity index (χ3n) is 4.62. The Morgan fingerprint density at radius 3 is 2.67 bits per heavy atom. The summed E-state index contributed by atoms with van der Waals surface area (Å²) in [6.07, 6.45) is 1.03. The number of hydrogen-bond donors (Lipinski definition) is 1. The van der Waals surface area contributed by atoms with Gasteiger partial charge in [-0.15, -0.1) is 0 Å². The maximum atomic E-state index is 5.75. The minimum absolute atomic E-state index is 0.291. The summed E-state index contributed by atoms with van der Waals surface area (Å²) in [4.78, 5) is 4.69. The minimum Gasteiger partial charge on any atom is -0.339 e. The highest BCUT2D eigenvalue weighted by atomic mass is 32.1. The van der Waals surface area contributed by atoms with Gasteiger partial charge in [0.05, 0.1) is 6.04 Å². The van der Waals surface area contributed by atoms with Crippen LogP contribution >= 0.6 is 12.2 Å². The number of anilines is 1. The van der Waals surface area contributed by atoms with Gasteiger partial charge < -0.3 is 15.1 Å². The highest BCUT2D eigenvalue weighted by Gasteiger charge is 2.28. The predicted octanol–water partition coefficient (Wildman–Crippen LogP) is 3.93. The smallest absolute Gasteiger partial charge is 0.174 e. The Morgan fingerprint density at radius 1 is 1.12 bits per heavy atom. The van der Waals surface area contributed by atoms with Crippen LogP contribution in [0.3, 0.4) is 0 Å². The molecule has 1 heterocycles. The van der Waals surface area contributed by atoms with Crippen molar-refractivity contribution in [2.45, 2.75) is 19.4 Å². The molecule has 3 rings (SSSR count). The van der Waals surface area contributed by atoms with Crippen molar-refractivity contribution >= 4 is 23.0 Å². The Balaban J connectivity index is 1.78. The average Bonchev–Trinajstić information content (AvgIpc) is 2.62. The number of benzene rings is 2. The van der Waals surface area contributed by atoms with E-state index in [1.54, 1.807) is 0 Å². The van der Waals surface area contributed by atoms with Crippen LogP contribution in [0.5, 0.6) is 0 Å². The molecule has 0 bridgehead atoms. The molecule has 1 atom stereocenters. The number of rotatable bonds is 3. The Labute approximate surface area is 150 Å². The van der Waals surface area contributed by atoms with Gasteiger partial charge in [-0.1, -0.05) is 49.4 Å². The zero-order chi connectivity index (χ0) is 16.9. The Hall–Kier alpha value is -1.91. The summed E-state index contributed by atoms with van der Waals surface area (Å²) < 4.78 is 0. The van der Waals surface area contributed by atoms with Crippen molar-refractivity contribution in [1.82, 2.24) is 9.80 Å². The molecule has 0 amide bonds. The first-order valence-corrected chi connectivity index (χ1v) is 8.98. The van der Waals surface area contributed by atoms with Crippen molar-refractivity contribution in [1.29, 1.82) is 0 Å². The van der Waals surface area contributed by atoms with Crippen LogP contribution in [0.1, 0.15) is 24.1 Å². The summed E-state index contributed by atoms with van der Waals surface area (Å²) in [6.45, 7) is 5.12. The summed E-state index contributed by atoms with van der Waals surface area (Å²) >= 11 is 5.75. The molecule has 1 aliphatic rings.